The van der Waals surface area contributed by atoms with Crippen LogP contribution >= 0.6 is 0 Å². The summed E-state index contributed by atoms with van der Waals surface area (Å²) < 4.78 is 10.9. The Balaban J connectivity index is 1.50. The van der Waals surface area contributed by atoms with Crippen molar-refractivity contribution in [3.63, 3.8) is 0 Å². The van der Waals surface area contributed by atoms with Crippen molar-refractivity contribution in [1.82, 2.24) is 15.2 Å². The zero-order valence-corrected chi connectivity index (χ0v) is 14.7. The van der Waals surface area contributed by atoms with Crippen molar-refractivity contribution in [2.24, 2.45) is 0 Å². The Morgan fingerprint density at radius 3 is 2.72 bits per heavy atom. The Morgan fingerprint density at radius 2 is 1.96 bits per heavy atom. The molecule has 2 aromatic heterocycles. The SMILES string of the molecule is CCc1cc([C@@H]2CCCN2C(=O)c2cc(C3CCCCC3)no2)on1. The van der Waals surface area contributed by atoms with Crippen molar-refractivity contribution in [2.75, 3.05) is 6.54 Å². The van der Waals surface area contributed by atoms with Gasteiger partial charge in [0.05, 0.1) is 17.4 Å². The highest BCUT2D eigenvalue weighted by Crippen LogP contribution is 2.35. The molecule has 1 saturated carbocycles. The summed E-state index contributed by atoms with van der Waals surface area (Å²) in [5.74, 6) is 1.47. The van der Waals surface area contributed by atoms with Gasteiger partial charge in [0.15, 0.2) is 5.76 Å². The van der Waals surface area contributed by atoms with Gasteiger partial charge in [-0.2, -0.15) is 0 Å². The normalized spacial score (nSPS) is 21.8. The number of likely N-dealkylation sites (tertiary alicyclic amines) is 1. The molecule has 0 spiro atoms. The van der Waals surface area contributed by atoms with Crippen molar-refractivity contribution >= 4 is 5.91 Å². The lowest BCUT2D eigenvalue weighted by Crippen LogP contribution is -2.30. The van der Waals surface area contributed by atoms with E-state index in [4.69, 9.17) is 9.05 Å². The minimum absolute atomic E-state index is 0.0523. The number of nitrogens with zero attached hydrogens (tertiary/aromatic N) is 3. The maximum Gasteiger partial charge on any atom is 0.293 e. The first kappa shape index (κ1) is 16.4. The number of amides is 1. The average molecular weight is 343 g/mol. The third kappa shape index (κ3) is 3.22. The molecule has 0 bridgehead atoms. The van der Waals surface area contributed by atoms with Gasteiger partial charge in [-0.3, -0.25) is 4.79 Å². The fraction of sp³-hybridized carbons (Fsp3) is 0.632. The van der Waals surface area contributed by atoms with Gasteiger partial charge >= 0.3 is 0 Å². The summed E-state index contributed by atoms with van der Waals surface area (Å²) in [6, 6.07) is 3.76. The minimum Gasteiger partial charge on any atom is -0.359 e. The van der Waals surface area contributed by atoms with Gasteiger partial charge in [-0.15, -0.1) is 0 Å². The van der Waals surface area contributed by atoms with Gasteiger partial charge in [-0.25, -0.2) is 0 Å². The molecule has 0 radical (unpaired) electrons. The summed E-state index contributed by atoms with van der Waals surface area (Å²) in [5, 5.41) is 8.25. The van der Waals surface area contributed by atoms with Gasteiger partial charge in [-0.1, -0.05) is 36.5 Å². The molecule has 1 amide bonds. The van der Waals surface area contributed by atoms with Crippen molar-refractivity contribution in [3.05, 3.63) is 35.0 Å². The van der Waals surface area contributed by atoms with Gasteiger partial charge in [0, 0.05) is 24.6 Å². The van der Waals surface area contributed by atoms with Crippen LogP contribution in [0.25, 0.3) is 0 Å². The lowest BCUT2D eigenvalue weighted by Gasteiger charge is -2.21. The number of hydrogen-bond acceptors (Lipinski definition) is 5. The standard InChI is InChI=1S/C19H25N3O3/c1-2-14-11-17(24-20-14)16-9-6-10-22(16)19(23)18-12-15(21-25-18)13-7-4-3-5-8-13/h11-13,16H,2-10H2,1H3/t16-/m0/s1. The number of carbonyl (C=O) groups excluding carboxylic acids is 1. The van der Waals surface area contributed by atoms with Crippen LogP contribution in [0.15, 0.2) is 21.2 Å². The van der Waals surface area contributed by atoms with Crippen LogP contribution in [0.2, 0.25) is 0 Å². The van der Waals surface area contributed by atoms with Crippen LogP contribution in [-0.2, 0) is 6.42 Å². The number of aromatic nitrogens is 2. The summed E-state index contributed by atoms with van der Waals surface area (Å²) in [6.07, 6.45) is 8.74. The van der Waals surface area contributed by atoms with E-state index in [0.717, 1.165) is 49.3 Å². The van der Waals surface area contributed by atoms with E-state index in [0.29, 0.717) is 18.2 Å². The molecule has 0 unspecified atom stereocenters. The largest absolute Gasteiger partial charge is 0.359 e. The van der Waals surface area contributed by atoms with Crippen LogP contribution in [0.1, 0.15) is 91.5 Å². The third-order valence-electron chi connectivity index (χ3n) is 5.54. The first-order valence-electron chi connectivity index (χ1n) is 9.49. The lowest BCUT2D eigenvalue weighted by molar-refractivity contribution is 0.0672. The van der Waals surface area contributed by atoms with Crippen LogP contribution in [0.3, 0.4) is 0 Å². The number of hydrogen-bond donors (Lipinski definition) is 0. The van der Waals surface area contributed by atoms with E-state index < -0.39 is 0 Å². The van der Waals surface area contributed by atoms with E-state index in [1.165, 1.54) is 19.3 Å². The second-order valence-electron chi connectivity index (χ2n) is 7.18. The van der Waals surface area contributed by atoms with Gasteiger partial charge in [0.1, 0.15) is 0 Å². The Hall–Kier alpha value is -2.11. The fourth-order valence-electron chi connectivity index (χ4n) is 4.08. The topological polar surface area (TPSA) is 72.4 Å². The monoisotopic (exact) mass is 343 g/mol. The molecule has 1 aliphatic carbocycles. The van der Waals surface area contributed by atoms with Crippen molar-refractivity contribution in [2.45, 2.75) is 70.3 Å². The lowest BCUT2D eigenvalue weighted by atomic mass is 9.87. The van der Waals surface area contributed by atoms with E-state index in [9.17, 15) is 4.79 Å². The Kier molecular flexibility index (Phi) is 4.59. The van der Waals surface area contributed by atoms with Crippen LogP contribution in [0.5, 0.6) is 0 Å². The molecule has 134 valence electrons. The zero-order valence-electron chi connectivity index (χ0n) is 14.7. The zero-order chi connectivity index (χ0) is 17.2. The summed E-state index contributed by atoms with van der Waals surface area (Å²) >= 11 is 0. The maximum atomic E-state index is 12.9. The summed E-state index contributed by atoms with van der Waals surface area (Å²) in [4.78, 5) is 14.8. The van der Waals surface area contributed by atoms with Crippen molar-refractivity contribution in [1.29, 1.82) is 0 Å². The summed E-state index contributed by atoms with van der Waals surface area (Å²) in [5.41, 5.74) is 1.86. The molecule has 1 saturated heterocycles. The fourth-order valence-corrected chi connectivity index (χ4v) is 4.08. The highest BCUT2D eigenvalue weighted by molar-refractivity contribution is 5.92. The van der Waals surface area contributed by atoms with E-state index in [2.05, 4.69) is 10.3 Å². The van der Waals surface area contributed by atoms with E-state index in [-0.39, 0.29) is 11.9 Å². The molecule has 0 aromatic carbocycles. The van der Waals surface area contributed by atoms with Gasteiger partial charge in [-0.05, 0) is 32.1 Å². The Labute approximate surface area is 147 Å². The minimum atomic E-state index is -0.0912. The Bertz CT molecular complexity index is 730. The van der Waals surface area contributed by atoms with Crippen molar-refractivity contribution in [3.8, 4) is 0 Å². The highest BCUT2D eigenvalue weighted by Gasteiger charge is 2.35. The molecule has 1 aliphatic heterocycles. The van der Waals surface area contributed by atoms with E-state index >= 15 is 0 Å². The molecule has 4 rings (SSSR count). The van der Waals surface area contributed by atoms with Gasteiger partial charge in [0.25, 0.3) is 5.91 Å². The second kappa shape index (κ2) is 7.02. The van der Waals surface area contributed by atoms with Gasteiger partial charge in [0.2, 0.25) is 5.76 Å². The van der Waals surface area contributed by atoms with Crippen molar-refractivity contribution < 1.29 is 13.8 Å². The first-order valence-corrected chi connectivity index (χ1v) is 9.49. The highest BCUT2D eigenvalue weighted by atomic mass is 16.5. The second-order valence-corrected chi connectivity index (χ2v) is 7.18. The predicted molar refractivity (Wildman–Crippen MR) is 91.2 cm³/mol. The number of rotatable bonds is 4. The molecular weight excluding hydrogens is 318 g/mol. The molecular formula is C19H25N3O3. The van der Waals surface area contributed by atoms with Crippen LogP contribution in [0.4, 0.5) is 0 Å². The number of carbonyl (C=O) groups is 1. The molecule has 3 heterocycles. The molecule has 6 heteroatoms. The number of aryl methyl sites for hydroxylation is 1. The predicted octanol–water partition coefficient (Wildman–Crippen LogP) is 4.25. The summed E-state index contributed by atoms with van der Waals surface area (Å²) in [7, 11) is 0. The molecule has 2 aromatic rings. The quantitative estimate of drug-likeness (QED) is 0.830. The van der Waals surface area contributed by atoms with Crippen LogP contribution in [-0.4, -0.2) is 27.7 Å². The average Bonchev–Trinajstić information content (AvgIpc) is 3.41. The maximum absolute atomic E-state index is 12.9. The van der Waals surface area contributed by atoms with Crippen LogP contribution in [0, 0.1) is 0 Å². The first-order chi connectivity index (χ1) is 12.3. The molecule has 0 N–H and O–H groups in total. The molecule has 1 atom stereocenters. The molecule has 25 heavy (non-hydrogen) atoms. The van der Waals surface area contributed by atoms with E-state index in [1.54, 1.807) is 0 Å². The smallest absolute Gasteiger partial charge is 0.293 e. The summed E-state index contributed by atoms with van der Waals surface area (Å²) in [6.45, 7) is 2.76. The third-order valence-corrected chi connectivity index (χ3v) is 5.54. The molecule has 6 nitrogen and oxygen atoms in total. The molecule has 2 fully saturated rings. The van der Waals surface area contributed by atoms with E-state index in [1.807, 2.05) is 24.0 Å². The molecule has 2 aliphatic rings. The van der Waals surface area contributed by atoms with Gasteiger partial charge < -0.3 is 13.9 Å². The Morgan fingerprint density at radius 1 is 1.12 bits per heavy atom. The van der Waals surface area contributed by atoms with Crippen LogP contribution < -0.4 is 0 Å².